The van der Waals surface area contributed by atoms with Crippen LogP contribution < -0.4 is 0 Å². The lowest BCUT2D eigenvalue weighted by Crippen LogP contribution is -2.59. The lowest BCUT2D eigenvalue weighted by atomic mass is 9.95. The monoisotopic (exact) mass is 169 g/mol. The number of unbranched alkanes of at least 4 members (excludes halogenated alkanes) is 1. The summed E-state index contributed by atoms with van der Waals surface area (Å²) in [6.45, 7) is 3.79. The van der Waals surface area contributed by atoms with E-state index in [-0.39, 0.29) is 12.1 Å². The van der Waals surface area contributed by atoms with Crippen LogP contribution in [-0.4, -0.2) is 30.2 Å². The highest BCUT2D eigenvalue weighted by Gasteiger charge is 2.50. The van der Waals surface area contributed by atoms with Gasteiger partial charge in [0.05, 0.1) is 12.5 Å². The summed E-state index contributed by atoms with van der Waals surface area (Å²) in [5, 5.41) is 0. The summed E-state index contributed by atoms with van der Waals surface area (Å²) in [6, 6.07) is 0. The Bertz CT molecular complexity index is 193. The summed E-state index contributed by atoms with van der Waals surface area (Å²) in [5.74, 6) is 0.521. The number of likely N-dealkylation sites (tertiary alicyclic amines) is 1. The van der Waals surface area contributed by atoms with Crippen LogP contribution in [0.25, 0.3) is 0 Å². The quantitative estimate of drug-likeness (QED) is 0.590. The van der Waals surface area contributed by atoms with E-state index >= 15 is 0 Å². The molecule has 2 aliphatic rings. The Morgan fingerprint density at radius 1 is 1.67 bits per heavy atom. The van der Waals surface area contributed by atoms with Crippen LogP contribution in [0.2, 0.25) is 0 Å². The molecule has 3 nitrogen and oxygen atoms in total. The number of carbonyl (C=O) groups is 1. The number of hydrogen-bond donors (Lipinski definition) is 0. The summed E-state index contributed by atoms with van der Waals surface area (Å²) in [7, 11) is 0. The van der Waals surface area contributed by atoms with Crippen LogP contribution >= 0.6 is 0 Å². The zero-order chi connectivity index (χ0) is 8.55. The van der Waals surface area contributed by atoms with Gasteiger partial charge in [0.25, 0.3) is 0 Å². The average molecular weight is 169 g/mol. The van der Waals surface area contributed by atoms with Gasteiger partial charge in [-0.25, -0.2) is 0 Å². The van der Waals surface area contributed by atoms with Gasteiger partial charge in [-0.05, 0) is 12.8 Å². The van der Waals surface area contributed by atoms with Crippen LogP contribution in [0.15, 0.2) is 0 Å². The van der Waals surface area contributed by atoms with Crippen LogP contribution in [0, 0.1) is 5.92 Å². The van der Waals surface area contributed by atoms with Crippen molar-refractivity contribution in [1.29, 1.82) is 0 Å². The maximum atomic E-state index is 11.4. The number of amides is 1. The fourth-order valence-electron chi connectivity index (χ4n) is 1.95. The van der Waals surface area contributed by atoms with E-state index in [1.54, 1.807) is 0 Å². The highest BCUT2D eigenvalue weighted by Crippen LogP contribution is 2.35. The van der Waals surface area contributed by atoms with Crippen LogP contribution in [0.5, 0.6) is 0 Å². The lowest BCUT2D eigenvalue weighted by Gasteiger charge is -2.42. The number of ether oxygens (including phenoxy) is 1. The smallest absolute Gasteiger partial charge is 0.232 e. The third-order valence-corrected chi connectivity index (χ3v) is 2.72. The maximum Gasteiger partial charge on any atom is 0.232 e. The fraction of sp³-hybridized carbons (Fsp3) is 0.889. The first-order valence-electron chi connectivity index (χ1n) is 4.76. The van der Waals surface area contributed by atoms with Crippen LogP contribution in [0.4, 0.5) is 0 Å². The molecule has 2 aliphatic heterocycles. The van der Waals surface area contributed by atoms with Crippen molar-refractivity contribution in [3.63, 3.8) is 0 Å². The summed E-state index contributed by atoms with van der Waals surface area (Å²) in [4.78, 5) is 13.3. The summed E-state index contributed by atoms with van der Waals surface area (Å²) < 4.78 is 5.44. The third-order valence-electron chi connectivity index (χ3n) is 2.72. The van der Waals surface area contributed by atoms with Gasteiger partial charge in [0.1, 0.15) is 6.23 Å². The third kappa shape index (κ3) is 1.04. The number of β-lactam (4-membered cyclic amide) rings is 1. The number of rotatable bonds is 3. The van der Waals surface area contributed by atoms with Gasteiger partial charge in [0.15, 0.2) is 0 Å². The Labute approximate surface area is 72.7 Å². The maximum absolute atomic E-state index is 11.4. The molecule has 3 heteroatoms. The molecule has 2 heterocycles. The van der Waals surface area contributed by atoms with Gasteiger partial charge >= 0.3 is 0 Å². The van der Waals surface area contributed by atoms with Crippen molar-refractivity contribution in [2.45, 2.75) is 32.4 Å². The molecule has 1 amide bonds. The highest BCUT2D eigenvalue weighted by atomic mass is 16.5. The molecule has 0 saturated carbocycles. The van der Waals surface area contributed by atoms with Gasteiger partial charge in [-0.15, -0.1) is 0 Å². The van der Waals surface area contributed by atoms with Gasteiger partial charge in [-0.2, -0.15) is 0 Å². The average Bonchev–Trinajstić information content (AvgIpc) is 2.49. The van der Waals surface area contributed by atoms with Gasteiger partial charge in [-0.3, -0.25) is 4.79 Å². The molecule has 0 aromatic carbocycles. The van der Waals surface area contributed by atoms with Crippen molar-refractivity contribution in [1.82, 2.24) is 4.90 Å². The van der Waals surface area contributed by atoms with Crippen molar-refractivity contribution in [2.75, 3.05) is 13.2 Å². The molecule has 0 aliphatic carbocycles. The topological polar surface area (TPSA) is 29.5 Å². The Hall–Kier alpha value is -0.570. The molecule has 0 aromatic heterocycles. The molecule has 0 spiro atoms. The normalized spacial score (nSPS) is 33.4. The molecular formula is C9H15NO2. The molecule has 12 heavy (non-hydrogen) atoms. The van der Waals surface area contributed by atoms with Crippen molar-refractivity contribution in [3.05, 3.63) is 0 Å². The van der Waals surface area contributed by atoms with Gasteiger partial charge in [0, 0.05) is 6.54 Å². The van der Waals surface area contributed by atoms with E-state index in [1.807, 2.05) is 4.90 Å². The Kier molecular flexibility index (Phi) is 2.05. The SMILES string of the molecule is CCCCN1C(=O)C2CCOC21. The van der Waals surface area contributed by atoms with E-state index in [9.17, 15) is 4.79 Å². The molecular weight excluding hydrogens is 154 g/mol. The number of hydrogen-bond acceptors (Lipinski definition) is 2. The second-order valence-corrected chi connectivity index (χ2v) is 3.54. The fourth-order valence-corrected chi connectivity index (χ4v) is 1.95. The van der Waals surface area contributed by atoms with Crippen LogP contribution in [0.1, 0.15) is 26.2 Å². The van der Waals surface area contributed by atoms with Crippen molar-refractivity contribution in [3.8, 4) is 0 Å². The molecule has 0 N–H and O–H groups in total. The van der Waals surface area contributed by atoms with Gasteiger partial charge in [-0.1, -0.05) is 13.3 Å². The molecule has 2 atom stereocenters. The van der Waals surface area contributed by atoms with E-state index in [1.165, 1.54) is 0 Å². The largest absolute Gasteiger partial charge is 0.357 e. The van der Waals surface area contributed by atoms with E-state index in [2.05, 4.69) is 6.92 Å². The lowest BCUT2D eigenvalue weighted by molar-refractivity contribution is -0.174. The van der Waals surface area contributed by atoms with Crippen LogP contribution in [0.3, 0.4) is 0 Å². The van der Waals surface area contributed by atoms with E-state index in [4.69, 9.17) is 4.74 Å². The van der Waals surface area contributed by atoms with E-state index in [0.717, 1.165) is 32.4 Å². The summed E-state index contributed by atoms with van der Waals surface area (Å²) in [5.41, 5.74) is 0. The highest BCUT2D eigenvalue weighted by molar-refractivity contribution is 5.85. The molecule has 2 saturated heterocycles. The number of carbonyl (C=O) groups excluding carboxylic acids is 1. The Morgan fingerprint density at radius 3 is 3.25 bits per heavy atom. The minimum absolute atomic E-state index is 0.143. The minimum atomic E-state index is 0.143. The summed E-state index contributed by atoms with van der Waals surface area (Å²) >= 11 is 0. The molecule has 0 aromatic rings. The Balaban J connectivity index is 1.87. The zero-order valence-electron chi connectivity index (χ0n) is 7.45. The minimum Gasteiger partial charge on any atom is -0.357 e. The Morgan fingerprint density at radius 2 is 2.50 bits per heavy atom. The first-order chi connectivity index (χ1) is 5.84. The second-order valence-electron chi connectivity index (χ2n) is 3.54. The first-order valence-corrected chi connectivity index (χ1v) is 4.76. The van der Waals surface area contributed by atoms with Gasteiger partial charge < -0.3 is 9.64 Å². The molecule has 2 rings (SSSR count). The van der Waals surface area contributed by atoms with E-state index < -0.39 is 0 Å². The zero-order valence-corrected chi connectivity index (χ0v) is 7.45. The number of nitrogens with zero attached hydrogens (tertiary/aromatic N) is 1. The number of fused-ring (bicyclic) bond motifs is 1. The summed E-state index contributed by atoms with van der Waals surface area (Å²) in [6.07, 6.45) is 3.31. The predicted octanol–water partition coefficient (Wildman–Crippen LogP) is 0.991. The molecule has 0 radical (unpaired) electrons. The predicted molar refractivity (Wildman–Crippen MR) is 44.5 cm³/mol. The second kappa shape index (κ2) is 3.05. The molecule has 0 bridgehead atoms. The standard InChI is InChI=1S/C9H15NO2/c1-2-3-5-10-8(11)7-4-6-12-9(7)10/h7,9H,2-6H2,1H3. The van der Waals surface area contributed by atoms with E-state index in [0.29, 0.717) is 5.91 Å². The molecule has 2 fully saturated rings. The molecule has 68 valence electrons. The first kappa shape index (κ1) is 8.05. The van der Waals surface area contributed by atoms with Crippen molar-refractivity contribution in [2.24, 2.45) is 5.92 Å². The molecule has 2 unspecified atom stereocenters. The van der Waals surface area contributed by atoms with Crippen molar-refractivity contribution < 1.29 is 9.53 Å². The van der Waals surface area contributed by atoms with Crippen LogP contribution in [-0.2, 0) is 9.53 Å². The van der Waals surface area contributed by atoms with Crippen molar-refractivity contribution >= 4 is 5.91 Å². The van der Waals surface area contributed by atoms with Gasteiger partial charge in [0.2, 0.25) is 5.91 Å².